The van der Waals surface area contributed by atoms with Crippen LogP contribution in [0.2, 0.25) is 0 Å². The van der Waals surface area contributed by atoms with E-state index in [0.29, 0.717) is 24.0 Å². The molecule has 4 aromatic rings. The van der Waals surface area contributed by atoms with Gasteiger partial charge in [-0.2, -0.15) is 0 Å². The summed E-state index contributed by atoms with van der Waals surface area (Å²) < 4.78 is 0. The molecule has 33 heavy (non-hydrogen) atoms. The average molecular weight is 457 g/mol. The highest BCUT2D eigenvalue weighted by Crippen LogP contribution is 2.20. The van der Waals surface area contributed by atoms with Crippen LogP contribution >= 0.6 is 11.8 Å². The molecule has 6 heteroatoms. The van der Waals surface area contributed by atoms with Crippen LogP contribution in [0.3, 0.4) is 0 Å². The fourth-order valence-corrected chi connectivity index (χ4v) is 4.26. The van der Waals surface area contributed by atoms with Crippen molar-refractivity contribution >= 4 is 17.7 Å². The minimum absolute atomic E-state index is 0.0819. The number of aryl methyl sites for hydroxylation is 1. The quantitative estimate of drug-likeness (QED) is 0.325. The monoisotopic (exact) mass is 456 g/mol. The number of aromatic nitrogens is 3. The Hall–Kier alpha value is -3.38. The Labute approximate surface area is 199 Å². The number of thioether (sulfide) groups is 1. The fourth-order valence-electron chi connectivity index (χ4n) is 3.56. The van der Waals surface area contributed by atoms with Crippen LogP contribution in [0.1, 0.15) is 23.6 Å². The van der Waals surface area contributed by atoms with Crippen LogP contribution in [0, 0.1) is 0 Å². The van der Waals surface area contributed by atoms with E-state index in [1.54, 1.807) is 0 Å². The van der Waals surface area contributed by atoms with Crippen LogP contribution in [-0.2, 0) is 24.2 Å². The van der Waals surface area contributed by atoms with Gasteiger partial charge in [0.2, 0.25) is 11.1 Å². The van der Waals surface area contributed by atoms with Crippen molar-refractivity contribution in [2.24, 2.45) is 0 Å². The number of amides is 1. The first kappa shape index (κ1) is 22.8. The number of aromatic amines is 1. The van der Waals surface area contributed by atoms with E-state index < -0.39 is 0 Å². The molecule has 0 aliphatic carbocycles. The fraction of sp³-hybridized carbons (Fsp3) is 0.222. The van der Waals surface area contributed by atoms with Gasteiger partial charge in [-0.15, -0.1) is 5.10 Å². The predicted molar refractivity (Wildman–Crippen MR) is 134 cm³/mol. The maximum Gasteiger partial charge on any atom is 0.233 e. The minimum Gasteiger partial charge on any atom is -0.337 e. The minimum atomic E-state index is 0.0819. The maximum atomic E-state index is 13.1. The summed E-state index contributed by atoms with van der Waals surface area (Å²) in [4.78, 5) is 19.6. The third-order valence-electron chi connectivity index (χ3n) is 5.51. The second kappa shape index (κ2) is 11.5. The van der Waals surface area contributed by atoms with Gasteiger partial charge in [0.1, 0.15) is 0 Å². The molecule has 0 aliphatic rings. The lowest BCUT2D eigenvalue weighted by atomic mass is 10.1. The van der Waals surface area contributed by atoms with Gasteiger partial charge in [-0.25, -0.2) is 4.98 Å². The molecule has 0 saturated heterocycles. The second-order valence-electron chi connectivity index (χ2n) is 7.84. The number of rotatable bonds is 10. The molecule has 3 aromatic carbocycles. The van der Waals surface area contributed by atoms with Crippen LogP contribution in [-0.4, -0.2) is 38.3 Å². The molecular formula is C27H28N4OS. The third kappa shape index (κ3) is 6.56. The molecule has 1 amide bonds. The zero-order valence-electron chi connectivity index (χ0n) is 18.8. The molecule has 0 radical (unpaired) electrons. The van der Waals surface area contributed by atoms with E-state index in [2.05, 4.69) is 58.5 Å². The van der Waals surface area contributed by atoms with Crippen LogP contribution in [0.25, 0.3) is 11.4 Å². The summed E-state index contributed by atoms with van der Waals surface area (Å²) in [6.07, 6.45) is 1.83. The molecule has 1 aromatic heterocycles. The van der Waals surface area contributed by atoms with Crippen molar-refractivity contribution in [1.29, 1.82) is 0 Å². The summed E-state index contributed by atoms with van der Waals surface area (Å²) in [5.41, 5.74) is 4.63. The standard InChI is InChI=1S/C27H28N4OS/c1-2-21-13-15-24(16-14-21)26-28-27(30-29-26)33-20-25(32)31(19-23-11-7-4-8-12-23)18-17-22-9-5-3-6-10-22/h3-16H,2,17-20H2,1H3,(H,28,29,30). The van der Waals surface area contributed by atoms with Gasteiger partial charge in [-0.05, 0) is 29.5 Å². The van der Waals surface area contributed by atoms with Crippen molar-refractivity contribution in [2.75, 3.05) is 12.3 Å². The number of H-pyrrole nitrogens is 1. The highest BCUT2D eigenvalue weighted by Gasteiger charge is 2.16. The largest absolute Gasteiger partial charge is 0.337 e. The van der Waals surface area contributed by atoms with Crippen molar-refractivity contribution in [3.63, 3.8) is 0 Å². The normalized spacial score (nSPS) is 10.8. The maximum absolute atomic E-state index is 13.1. The van der Waals surface area contributed by atoms with Crippen LogP contribution < -0.4 is 0 Å². The Morgan fingerprint density at radius 3 is 2.21 bits per heavy atom. The Morgan fingerprint density at radius 1 is 0.879 bits per heavy atom. The summed E-state index contributed by atoms with van der Waals surface area (Å²) in [6, 6.07) is 28.7. The average Bonchev–Trinajstić information content (AvgIpc) is 3.35. The lowest BCUT2D eigenvalue weighted by molar-refractivity contribution is -0.128. The molecule has 4 rings (SSSR count). The first-order chi connectivity index (χ1) is 16.2. The second-order valence-corrected chi connectivity index (χ2v) is 8.78. The number of hydrogen-bond acceptors (Lipinski definition) is 4. The molecular weight excluding hydrogens is 428 g/mol. The van der Waals surface area contributed by atoms with E-state index in [0.717, 1.165) is 29.8 Å². The van der Waals surface area contributed by atoms with Crippen molar-refractivity contribution < 1.29 is 4.79 Å². The first-order valence-corrected chi connectivity index (χ1v) is 12.2. The number of nitrogens with zero attached hydrogens (tertiary/aromatic N) is 3. The van der Waals surface area contributed by atoms with Crippen LogP contribution in [0.4, 0.5) is 0 Å². The Morgan fingerprint density at radius 2 is 1.55 bits per heavy atom. The van der Waals surface area contributed by atoms with Crippen molar-refractivity contribution in [3.05, 3.63) is 102 Å². The highest BCUT2D eigenvalue weighted by atomic mass is 32.2. The molecule has 0 aliphatic heterocycles. The molecule has 1 N–H and O–H groups in total. The molecule has 168 valence electrons. The Bertz CT molecular complexity index is 1140. The van der Waals surface area contributed by atoms with Crippen molar-refractivity contribution in [3.8, 4) is 11.4 Å². The number of nitrogens with one attached hydrogen (secondary N) is 1. The third-order valence-corrected chi connectivity index (χ3v) is 6.34. The van der Waals surface area contributed by atoms with Gasteiger partial charge in [-0.1, -0.05) is 104 Å². The molecule has 0 fully saturated rings. The van der Waals surface area contributed by atoms with E-state index in [-0.39, 0.29) is 5.91 Å². The number of carbonyl (C=O) groups excluding carboxylic acids is 1. The Balaban J connectivity index is 1.39. The van der Waals surface area contributed by atoms with Gasteiger partial charge in [0.05, 0.1) is 5.75 Å². The van der Waals surface area contributed by atoms with Gasteiger partial charge < -0.3 is 4.90 Å². The van der Waals surface area contributed by atoms with Crippen LogP contribution in [0.15, 0.2) is 90.1 Å². The summed E-state index contributed by atoms with van der Waals surface area (Å²) in [6.45, 7) is 3.40. The molecule has 0 saturated carbocycles. The number of benzene rings is 3. The van der Waals surface area contributed by atoms with E-state index >= 15 is 0 Å². The molecule has 0 unspecified atom stereocenters. The van der Waals surface area contributed by atoms with Crippen molar-refractivity contribution in [1.82, 2.24) is 20.1 Å². The summed E-state index contributed by atoms with van der Waals surface area (Å²) >= 11 is 1.37. The Kier molecular flexibility index (Phi) is 7.93. The zero-order valence-corrected chi connectivity index (χ0v) is 19.6. The van der Waals surface area contributed by atoms with Gasteiger partial charge in [0, 0.05) is 18.7 Å². The highest BCUT2D eigenvalue weighted by molar-refractivity contribution is 7.99. The van der Waals surface area contributed by atoms with Crippen LogP contribution in [0.5, 0.6) is 0 Å². The lowest BCUT2D eigenvalue weighted by Gasteiger charge is -2.23. The van der Waals surface area contributed by atoms with Crippen molar-refractivity contribution in [2.45, 2.75) is 31.5 Å². The predicted octanol–water partition coefficient (Wildman–Crippen LogP) is 5.40. The van der Waals surface area contributed by atoms with E-state index in [1.807, 2.05) is 53.4 Å². The van der Waals surface area contributed by atoms with Gasteiger partial charge in [-0.3, -0.25) is 9.89 Å². The molecule has 0 bridgehead atoms. The van der Waals surface area contributed by atoms with Gasteiger partial charge >= 0.3 is 0 Å². The summed E-state index contributed by atoms with van der Waals surface area (Å²) in [5.74, 6) is 1.10. The molecule has 0 atom stereocenters. The van der Waals surface area contributed by atoms with Gasteiger partial charge in [0.25, 0.3) is 0 Å². The lowest BCUT2D eigenvalue weighted by Crippen LogP contribution is -2.33. The molecule has 5 nitrogen and oxygen atoms in total. The zero-order chi connectivity index (χ0) is 22.9. The van der Waals surface area contributed by atoms with Gasteiger partial charge in [0.15, 0.2) is 5.82 Å². The van der Waals surface area contributed by atoms with E-state index in [1.165, 1.54) is 22.9 Å². The van der Waals surface area contributed by atoms with E-state index in [9.17, 15) is 4.79 Å². The first-order valence-electron chi connectivity index (χ1n) is 11.2. The number of carbonyl (C=O) groups is 1. The molecule has 0 spiro atoms. The smallest absolute Gasteiger partial charge is 0.233 e. The number of hydrogen-bond donors (Lipinski definition) is 1. The summed E-state index contributed by atoms with van der Waals surface area (Å²) in [7, 11) is 0. The summed E-state index contributed by atoms with van der Waals surface area (Å²) in [5, 5.41) is 7.88. The topological polar surface area (TPSA) is 61.9 Å². The molecule has 1 heterocycles. The van der Waals surface area contributed by atoms with E-state index in [4.69, 9.17) is 0 Å². The SMILES string of the molecule is CCc1ccc(-c2nc(SCC(=O)N(CCc3ccccc3)Cc3ccccc3)n[nH]2)cc1.